The second-order valence-electron chi connectivity index (χ2n) is 7.64. The highest BCUT2D eigenvalue weighted by molar-refractivity contribution is 5.90. The SMILES string of the molecule is CCN(CC)C(=O)C(C)(NC(=O)OC(C)(C)C)C1CCCCC1. The Labute approximate surface area is 141 Å². The molecule has 1 fully saturated rings. The Kier molecular flexibility index (Phi) is 6.90. The second-order valence-corrected chi connectivity index (χ2v) is 7.64. The molecule has 0 heterocycles. The van der Waals surface area contributed by atoms with E-state index in [4.69, 9.17) is 4.74 Å². The van der Waals surface area contributed by atoms with Gasteiger partial charge in [-0.1, -0.05) is 19.3 Å². The van der Waals surface area contributed by atoms with Crippen molar-refractivity contribution in [2.45, 2.75) is 84.8 Å². The molecule has 0 aromatic heterocycles. The van der Waals surface area contributed by atoms with Crippen molar-refractivity contribution in [2.24, 2.45) is 5.92 Å². The Bertz CT molecular complexity index is 407. The van der Waals surface area contributed by atoms with E-state index in [1.807, 2.05) is 41.5 Å². The van der Waals surface area contributed by atoms with E-state index in [1.165, 1.54) is 6.42 Å². The third kappa shape index (κ3) is 5.40. The molecule has 1 atom stereocenters. The zero-order chi connectivity index (χ0) is 17.7. The summed E-state index contributed by atoms with van der Waals surface area (Å²) >= 11 is 0. The molecular formula is C18H34N2O3. The van der Waals surface area contributed by atoms with Gasteiger partial charge in [0.15, 0.2) is 0 Å². The number of nitrogens with one attached hydrogen (secondary N) is 1. The number of hydrogen-bond donors (Lipinski definition) is 1. The number of hydrogen-bond acceptors (Lipinski definition) is 3. The predicted molar refractivity (Wildman–Crippen MR) is 92.3 cm³/mol. The van der Waals surface area contributed by atoms with E-state index in [0.717, 1.165) is 25.7 Å². The molecule has 0 aromatic carbocycles. The molecule has 1 rings (SSSR count). The number of carbonyl (C=O) groups excluding carboxylic acids is 2. The van der Waals surface area contributed by atoms with E-state index < -0.39 is 17.2 Å². The molecule has 1 N–H and O–H groups in total. The highest BCUT2D eigenvalue weighted by atomic mass is 16.6. The quantitative estimate of drug-likeness (QED) is 0.837. The summed E-state index contributed by atoms with van der Waals surface area (Å²) in [6, 6.07) is 0. The van der Waals surface area contributed by atoms with Gasteiger partial charge in [-0.2, -0.15) is 0 Å². The maximum atomic E-state index is 13.1. The standard InChI is InChI=1S/C18H34N2O3/c1-7-20(8-2)15(21)18(6,14-12-10-9-11-13-14)19-16(22)23-17(3,4)5/h14H,7-13H2,1-6H3,(H,19,22). The van der Waals surface area contributed by atoms with E-state index in [2.05, 4.69) is 5.32 Å². The van der Waals surface area contributed by atoms with Crippen molar-refractivity contribution in [1.29, 1.82) is 0 Å². The van der Waals surface area contributed by atoms with Crippen LogP contribution in [0.15, 0.2) is 0 Å². The lowest BCUT2D eigenvalue weighted by atomic mass is 9.74. The highest BCUT2D eigenvalue weighted by Gasteiger charge is 2.45. The van der Waals surface area contributed by atoms with Gasteiger partial charge in [0.05, 0.1) is 0 Å². The van der Waals surface area contributed by atoms with E-state index in [1.54, 1.807) is 4.90 Å². The summed E-state index contributed by atoms with van der Waals surface area (Å²) in [4.78, 5) is 27.2. The Morgan fingerprint density at radius 1 is 1.04 bits per heavy atom. The molecule has 5 heteroatoms. The van der Waals surface area contributed by atoms with Crippen molar-refractivity contribution in [1.82, 2.24) is 10.2 Å². The molecule has 0 aromatic rings. The molecule has 0 aliphatic heterocycles. The van der Waals surface area contributed by atoms with Gasteiger partial charge in [0, 0.05) is 13.1 Å². The Hall–Kier alpha value is -1.26. The average Bonchev–Trinajstić information content (AvgIpc) is 2.47. The van der Waals surface area contributed by atoms with Crippen molar-refractivity contribution in [3.05, 3.63) is 0 Å². The fourth-order valence-electron chi connectivity index (χ4n) is 3.36. The van der Waals surface area contributed by atoms with Crippen LogP contribution >= 0.6 is 0 Å². The van der Waals surface area contributed by atoms with Gasteiger partial charge >= 0.3 is 6.09 Å². The largest absolute Gasteiger partial charge is 0.444 e. The number of rotatable bonds is 5. The lowest BCUT2D eigenvalue weighted by Gasteiger charge is -2.42. The summed E-state index contributed by atoms with van der Waals surface area (Å²) in [5.74, 6) is 0.164. The number of ether oxygens (including phenoxy) is 1. The zero-order valence-electron chi connectivity index (χ0n) is 15.7. The second kappa shape index (κ2) is 8.02. The van der Waals surface area contributed by atoms with Gasteiger partial charge in [-0.05, 0) is 60.3 Å². The van der Waals surface area contributed by atoms with Gasteiger partial charge in [0.1, 0.15) is 11.1 Å². The number of likely N-dealkylation sites (N-methyl/N-ethyl adjacent to an activating group) is 1. The highest BCUT2D eigenvalue weighted by Crippen LogP contribution is 2.34. The molecule has 1 unspecified atom stereocenters. The topological polar surface area (TPSA) is 58.6 Å². The van der Waals surface area contributed by atoms with Gasteiger partial charge in [-0.25, -0.2) is 4.79 Å². The van der Waals surface area contributed by atoms with Crippen LogP contribution in [0.4, 0.5) is 4.79 Å². The van der Waals surface area contributed by atoms with Crippen LogP contribution in [0, 0.1) is 5.92 Å². The van der Waals surface area contributed by atoms with Crippen LogP contribution < -0.4 is 5.32 Å². The minimum Gasteiger partial charge on any atom is -0.444 e. The van der Waals surface area contributed by atoms with Gasteiger partial charge < -0.3 is 15.0 Å². The van der Waals surface area contributed by atoms with E-state index >= 15 is 0 Å². The van der Waals surface area contributed by atoms with Crippen LogP contribution in [0.1, 0.15) is 73.6 Å². The molecule has 1 aliphatic carbocycles. The third-order valence-electron chi connectivity index (χ3n) is 4.68. The molecule has 23 heavy (non-hydrogen) atoms. The Morgan fingerprint density at radius 3 is 2.00 bits per heavy atom. The molecule has 0 saturated heterocycles. The molecule has 0 radical (unpaired) electrons. The Morgan fingerprint density at radius 2 is 1.57 bits per heavy atom. The summed E-state index contributed by atoms with van der Waals surface area (Å²) in [5, 5.41) is 2.92. The number of nitrogens with zero attached hydrogens (tertiary/aromatic N) is 1. The first-order valence-corrected chi connectivity index (χ1v) is 8.94. The average molecular weight is 326 g/mol. The summed E-state index contributed by atoms with van der Waals surface area (Å²) < 4.78 is 5.40. The predicted octanol–water partition coefficient (Wildman–Crippen LogP) is 3.72. The molecule has 0 bridgehead atoms. The summed E-state index contributed by atoms with van der Waals surface area (Å²) in [5.41, 5.74) is -1.47. The first kappa shape index (κ1) is 19.8. The van der Waals surface area contributed by atoms with Crippen LogP contribution in [0.3, 0.4) is 0 Å². The van der Waals surface area contributed by atoms with Crippen molar-refractivity contribution in [3.63, 3.8) is 0 Å². The van der Waals surface area contributed by atoms with Gasteiger partial charge in [-0.15, -0.1) is 0 Å². The van der Waals surface area contributed by atoms with Gasteiger partial charge in [0.2, 0.25) is 5.91 Å². The molecule has 0 spiro atoms. The van der Waals surface area contributed by atoms with Crippen molar-refractivity contribution in [3.8, 4) is 0 Å². The number of amides is 2. The molecule has 134 valence electrons. The molecule has 1 saturated carbocycles. The van der Waals surface area contributed by atoms with E-state index in [0.29, 0.717) is 13.1 Å². The maximum Gasteiger partial charge on any atom is 0.408 e. The van der Waals surface area contributed by atoms with Crippen LogP contribution in [0.25, 0.3) is 0 Å². The smallest absolute Gasteiger partial charge is 0.408 e. The van der Waals surface area contributed by atoms with Crippen molar-refractivity contribution in [2.75, 3.05) is 13.1 Å². The first-order valence-electron chi connectivity index (χ1n) is 8.94. The van der Waals surface area contributed by atoms with Crippen molar-refractivity contribution >= 4 is 12.0 Å². The fourth-order valence-corrected chi connectivity index (χ4v) is 3.36. The van der Waals surface area contributed by atoms with Crippen molar-refractivity contribution < 1.29 is 14.3 Å². The van der Waals surface area contributed by atoms with Crippen LogP contribution in [-0.4, -0.2) is 41.1 Å². The minimum absolute atomic E-state index is 0.000240. The monoisotopic (exact) mass is 326 g/mol. The fraction of sp³-hybridized carbons (Fsp3) is 0.889. The lowest BCUT2D eigenvalue weighted by Crippen LogP contribution is -2.62. The van der Waals surface area contributed by atoms with E-state index in [-0.39, 0.29) is 11.8 Å². The summed E-state index contributed by atoms with van der Waals surface area (Å²) in [6.07, 6.45) is 4.87. The normalized spacial score (nSPS) is 18.9. The summed E-state index contributed by atoms with van der Waals surface area (Å²) in [7, 11) is 0. The van der Waals surface area contributed by atoms with Crippen LogP contribution in [0.2, 0.25) is 0 Å². The minimum atomic E-state index is -0.894. The summed E-state index contributed by atoms with van der Waals surface area (Å²) in [6.45, 7) is 12.6. The lowest BCUT2D eigenvalue weighted by molar-refractivity contribution is -0.140. The zero-order valence-corrected chi connectivity index (χ0v) is 15.7. The van der Waals surface area contributed by atoms with Gasteiger partial charge in [-0.3, -0.25) is 4.79 Å². The van der Waals surface area contributed by atoms with Crippen LogP contribution in [-0.2, 0) is 9.53 Å². The Balaban J connectivity index is 3.00. The third-order valence-corrected chi connectivity index (χ3v) is 4.68. The van der Waals surface area contributed by atoms with E-state index in [9.17, 15) is 9.59 Å². The molecule has 1 aliphatic rings. The molecule has 2 amide bonds. The van der Waals surface area contributed by atoms with Gasteiger partial charge in [0.25, 0.3) is 0 Å². The number of carbonyl (C=O) groups is 2. The first-order chi connectivity index (χ1) is 10.6. The molecule has 5 nitrogen and oxygen atoms in total. The van der Waals surface area contributed by atoms with Crippen LogP contribution in [0.5, 0.6) is 0 Å². The maximum absolute atomic E-state index is 13.1. The molecular weight excluding hydrogens is 292 g/mol. The number of alkyl carbamates (subject to hydrolysis) is 1.